The van der Waals surface area contributed by atoms with Crippen molar-refractivity contribution in [1.82, 2.24) is 4.98 Å². The summed E-state index contributed by atoms with van der Waals surface area (Å²) >= 11 is 0. The molecule has 0 spiro atoms. The van der Waals surface area contributed by atoms with Crippen molar-refractivity contribution in [3.8, 4) is 0 Å². The van der Waals surface area contributed by atoms with Crippen molar-refractivity contribution >= 4 is 17.2 Å². The van der Waals surface area contributed by atoms with E-state index in [1.165, 1.54) is 18.2 Å². The number of hydrogen-bond donors (Lipinski definition) is 1. The summed E-state index contributed by atoms with van der Waals surface area (Å²) in [5, 5.41) is 0.0205. The molecule has 1 aromatic carbocycles. The summed E-state index contributed by atoms with van der Waals surface area (Å²) in [7, 11) is 0. The van der Waals surface area contributed by atoms with Crippen molar-refractivity contribution in [3.05, 3.63) is 35.5 Å². The number of alkyl halides is 3. The number of para-hydroxylation sites is 1. The molecular weight excluding hydrogens is 207 g/mol. The first-order valence-corrected chi connectivity index (χ1v) is 4.17. The number of nitrogens with one attached hydrogen (secondary N) is 1. The summed E-state index contributed by atoms with van der Waals surface area (Å²) in [6.07, 6.45) is -4.33. The highest BCUT2D eigenvalue weighted by Crippen LogP contribution is 2.36. The third-order valence-electron chi connectivity index (χ3n) is 2.14. The third-order valence-corrected chi connectivity index (χ3v) is 2.14. The molecule has 0 radical (unpaired) electrons. The van der Waals surface area contributed by atoms with Gasteiger partial charge in [0, 0.05) is 10.9 Å². The predicted molar refractivity (Wildman–Crippen MR) is 48.7 cm³/mol. The van der Waals surface area contributed by atoms with E-state index < -0.39 is 17.4 Å². The van der Waals surface area contributed by atoms with Gasteiger partial charge in [0.1, 0.15) is 0 Å². The fraction of sp³-hybridized carbons (Fsp3) is 0.100. The van der Waals surface area contributed by atoms with Crippen LogP contribution in [-0.4, -0.2) is 11.3 Å². The molecule has 0 aliphatic rings. The second-order valence-electron chi connectivity index (χ2n) is 3.07. The SMILES string of the molecule is O=Cc1[nH]c2ccccc2c1C(F)(F)F. The van der Waals surface area contributed by atoms with Gasteiger partial charge in [0.05, 0.1) is 11.3 Å². The molecule has 5 heteroatoms. The van der Waals surface area contributed by atoms with Gasteiger partial charge in [0.2, 0.25) is 0 Å². The molecule has 15 heavy (non-hydrogen) atoms. The molecule has 1 aromatic heterocycles. The molecule has 78 valence electrons. The Morgan fingerprint density at radius 1 is 1.20 bits per heavy atom. The second-order valence-corrected chi connectivity index (χ2v) is 3.07. The Hall–Kier alpha value is -1.78. The fourth-order valence-corrected chi connectivity index (χ4v) is 1.56. The molecule has 0 saturated heterocycles. The Kier molecular flexibility index (Phi) is 2.03. The number of benzene rings is 1. The summed E-state index contributed by atoms with van der Waals surface area (Å²) in [5.41, 5.74) is -1.01. The van der Waals surface area contributed by atoms with Gasteiger partial charge < -0.3 is 4.98 Å². The standard InChI is InChI=1S/C10H6F3NO/c11-10(12,13)9-6-3-1-2-4-7(6)14-8(9)5-15/h1-5,14H. The van der Waals surface area contributed by atoms with Gasteiger partial charge in [-0.15, -0.1) is 0 Å². The largest absolute Gasteiger partial charge is 0.419 e. The van der Waals surface area contributed by atoms with E-state index >= 15 is 0 Å². The lowest BCUT2D eigenvalue weighted by Gasteiger charge is -2.05. The lowest BCUT2D eigenvalue weighted by molar-refractivity contribution is -0.136. The number of aromatic amines is 1. The van der Waals surface area contributed by atoms with Crippen molar-refractivity contribution in [2.24, 2.45) is 0 Å². The second kappa shape index (κ2) is 3.12. The maximum Gasteiger partial charge on any atom is 0.419 e. The van der Waals surface area contributed by atoms with Gasteiger partial charge >= 0.3 is 6.18 Å². The number of carbonyl (C=O) groups is 1. The van der Waals surface area contributed by atoms with E-state index in [1.54, 1.807) is 6.07 Å². The Morgan fingerprint density at radius 2 is 1.87 bits per heavy atom. The molecule has 2 aromatic rings. The average molecular weight is 213 g/mol. The molecule has 0 amide bonds. The highest BCUT2D eigenvalue weighted by atomic mass is 19.4. The van der Waals surface area contributed by atoms with Gasteiger partial charge in [0.25, 0.3) is 0 Å². The van der Waals surface area contributed by atoms with E-state index in [2.05, 4.69) is 4.98 Å². The van der Waals surface area contributed by atoms with Crippen molar-refractivity contribution in [2.75, 3.05) is 0 Å². The van der Waals surface area contributed by atoms with E-state index in [9.17, 15) is 18.0 Å². The number of H-pyrrole nitrogens is 1. The summed E-state index contributed by atoms with van der Waals surface area (Å²) in [6.45, 7) is 0. The molecular formula is C10H6F3NO. The molecule has 0 unspecified atom stereocenters. The first kappa shape index (κ1) is 9.76. The minimum absolute atomic E-state index is 0.0205. The Balaban J connectivity index is 2.84. The molecule has 2 rings (SSSR count). The zero-order valence-electron chi connectivity index (χ0n) is 7.43. The first-order chi connectivity index (χ1) is 7.04. The Morgan fingerprint density at radius 3 is 2.47 bits per heavy atom. The molecule has 0 aliphatic heterocycles. The van der Waals surface area contributed by atoms with E-state index in [0.29, 0.717) is 5.52 Å². The molecule has 2 nitrogen and oxygen atoms in total. The first-order valence-electron chi connectivity index (χ1n) is 4.17. The van der Waals surface area contributed by atoms with Crippen LogP contribution in [0.15, 0.2) is 24.3 Å². The van der Waals surface area contributed by atoms with Crippen LogP contribution in [0.2, 0.25) is 0 Å². The number of halogens is 3. The van der Waals surface area contributed by atoms with Gasteiger partial charge in [-0.3, -0.25) is 4.79 Å². The molecule has 0 bridgehead atoms. The topological polar surface area (TPSA) is 32.9 Å². The lowest BCUT2D eigenvalue weighted by atomic mass is 10.1. The maximum absolute atomic E-state index is 12.6. The summed E-state index contributed by atoms with van der Waals surface area (Å²) in [5.74, 6) is 0. The van der Waals surface area contributed by atoms with Crippen LogP contribution >= 0.6 is 0 Å². The summed E-state index contributed by atoms with van der Waals surface area (Å²) in [4.78, 5) is 12.9. The molecule has 1 heterocycles. The number of hydrogen-bond acceptors (Lipinski definition) is 1. The molecule has 0 fully saturated rings. The highest BCUT2D eigenvalue weighted by Gasteiger charge is 2.36. The molecule has 0 saturated carbocycles. The molecule has 1 N–H and O–H groups in total. The Bertz CT molecular complexity index is 513. The quantitative estimate of drug-likeness (QED) is 0.725. The average Bonchev–Trinajstić information content (AvgIpc) is 2.54. The zero-order chi connectivity index (χ0) is 11.1. The monoisotopic (exact) mass is 213 g/mol. The van der Waals surface area contributed by atoms with Gasteiger partial charge in [0.15, 0.2) is 6.29 Å². The van der Waals surface area contributed by atoms with E-state index in [0.717, 1.165) is 0 Å². The van der Waals surface area contributed by atoms with Crippen LogP contribution in [0.3, 0.4) is 0 Å². The molecule has 0 aliphatic carbocycles. The smallest absolute Gasteiger partial charge is 0.352 e. The van der Waals surface area contributed by atoms with Crippen molar-refractivity contribution in [3.63, 3.8) is 0 Å². The van der Waals surface area contributed by atoms with Crippen LogP contribution in [0.25, 0.3) is 10.9 Å². The third kappa shape index (κ3) is 1.49. The summed E-state index contributed by atoms with van der Waals surface area (Å²) in [6, 6.07) is 5.94. The van der Waals surface area contributed by atoms with Crippen molar-refractivity contribution in [1.29, 1.82) is 0 Å². The maximum atomic E-state index is 12.6. The highest BCUT2D eigenvalue weighted by molar-refractivity contribution is 5.92. The van der Waals surface area contributed by atoms with Crippen LogP contribution in [0, 0.1) is 0 Å². The van der Waals surface area contributed by atoms with Crippen LogP contribution in [0.1, 0.15) is 16.1 Å². The zero-order valence-corrected chi connectivity index (χ0v) is 7.43. The summed E-state index contributed by atoms with van der Waals surface area (Å²) < 4.78 is 37.9. The predicted octanol–water partition coefficient (Wildman–Crippen LogP) is 3.00. The van der Waals surface area contributed by atoms with Gasteiger partial charge in [-0.2, -0.15) is 13.2 Å². The normalized spacial score (nSPS) is 11.9. The van der Waals surface area contributed by atoms with Crippen LogP contribution < -0.4 is 0 Å². The van der Waals surface area contributed by atoms with Crippen molar-refractivity contribution < 1.29 is 18.0 Å². The van der Waals surface area contributed by atoms with Gasteiger partial charge in [-0.1, -0.05) is 18.2 Å². The number of aromatic nitrogens is 1. The van der Waals surface area contributed by atoms with Gasteiger partial charge in [-0.05, 0) is 6.07 Å². The van der Waals surface area contributed by atoms with Gasteiger partial charge in [-0.25, -0.2) is 0 Å². The van der Waals surface area contributed by atoms with E-state index in [1.807, 2.05) is 0 Å². The van der Waals surface area contributed by atoms with E-state index in [4.69, 9.17) is 0 Å². The number of aldehydes is 1. The minimum Gasteiger partial charge on any atom is -0.352 e. The van der Waals surface area contributed by atoms with Crippen molar-refractivity contribution in [2.45, 2.75) is 6.18 Å². The fourth-order valence-electron chi connectivity index (χ4n) is 1.56. The number of fused-ring (bicyclic) bond motifs is 1. The Labute approximate surface area is 82.7 Å². The number of rotatable bonds is 1. The lowest BCUT2D eigenvalue weighted by Crippen LogP contribution is -2.07. The van der Waals surface area contributed by atoms with Crippen LogP contribution in [-0.2, 0) is 6.18 Å². The minimum atomic E-state index is -4.52. The van der Waals surface area contributed by atoms with Crippen LogP contribution in [0.4, 0.5) is 13.2 Å². The van der Waals surface area contributed by atoms with E-state index in [-0.39, 0.29) is 11.7 Å². The molecule has 0 atom stereocenters. The van der Waals surface area contributed by atoms with Crippen LogP contribution in [0.5, 0.6) is 0 Å². The number of carbonyl (C=O) groups excluding carboxylic acids is 1.